The Hall–Kier alpha value is -4.01. The topological polar surface area (TPSA) is 141 Å². The molecular weight excluding hydrogens is 378 g/mol. The van der Waals surface area contributed by atoms with Crippen LogP contribution >= 0.6 is 0 Å². The normalized spacial score (nSPS) is 12.0. The van der Waals surface area contributed by atoms with E-state index in [0.717, 1.165) is 5.56 Å². The lowest BCUT2D eigenvalue weighted by Crippen LogP contribution is -2.48. The second-order valence-corrected chi connectivity index (χ2v) is 6.24. The van der Waals surface area contributed by atoms with Crippen LogP contribution in [0.2, 0.25) is 0 Å². The van der Waals surface area contributed by atoms with Crippen LogP contribution in [0.4, 0.5) is 5.69 Å². The standard InChI is InChI=1S/C20H19N3O6/c1-12-6-8-15(9-7-12)18(24)22-17(19(25)21-13(2)20(26)27)11-14-4-3-5-16(10-14)23(28)29/h3-11,13H,1-2H3,(H,21,25)(H,22,24)(H,26,27)/p-1/b17-11+/t13-/m1/s1. The number of aliphatic carboxylic acids is 1. The maximum Gasteiger partial charge on any atom is 0.270 e. The van der Waals surface area contributed by atoms with Gasteiger partial charge in [0.1, 0.15) is 5.70 Å². The molecule has 0 aromatic heterocycles. The Labute approximate surface area is 166 Å². The molecule has 0 spiro atoms. The van der Waals surface area contributed by atoms with Crippen molar-refractivity contribution in [2.24, 2.45) is 0 Å². The molecule has 1 atom stereocenters. The van der Waals surface area contributed by atoms with E-state index in [1.807, 2.05) is 6.92 Å². The molecule has 0 fully saturated rings. The molecule has 2 rings (SSSR count). The van der Waals surface area contributed by atoms with Gasteiger partial charge in [-0.3, -0.25) is 19.7 Å². The van der Waals surface area contributed by atoms with Crippen LogP contribution in [0.25, 0.3) is 6.08 Å². The van der Waals surface area contributed by atoms with Crippen LogP contribution in [0.3, 0.4) is 0 Å². The van der Waals surface area contributed by atoms with Gasteiger partial charge in [-0.25, -0.2) is 0 Å². The second-order valence-electron chi connectivity index (χ2n) is 6.24. The van der Waals surface area contributed by atoms with Gasteiger partial charge >= 0.3 is 0 Å². The summed E-state index contributed by atoms with van der Waals surface area (Å²) in [5, 5.41) is 26.5. The van der Waals surface area contributed by atoms with Crippen molar-refractivity contribution in [2.75, 3.05) is 0 Å². The van der Waals surface area contributed by atoms with Crippen LogP contribution < -0.4 is 15.7 Å². The number of nitrogens with one attached hydrogen (secondary N) is 2. The lowest BCUT2D eigenvalue weighted by molar-refractivity contribution is -0.384. The lowest BCUT2D eigenvalue weighted by Gasteiger charge is -2.17. The van der Waals surface area contributed by atoms with Crippen LogP contribution in [0.5, 0.6) is 0 Å². The van der Waals surface area contributed by atoms with E-state index < -0.39 is 28.7 Å². The van der Waals surface area contributed by atoms with Crippen molar-refractivity contribution in [3.63, 3.8) is 0 Å². The number of nitro benzene ring substituents is 1. The van der Waals surface area contributed by atoms with E-state index in [1.54, 1.807) is 24.3 Å². The molecule has 2 N–H and O–H groups in total. The molecular formula is C20H18N3O6-. The predicted octanol–water partition coefficient (Wildman–Crippen LogP) is 0.929. The van der Waals surface area contributed by atoms with Crippen molar-refractivity contribution in [2.45, 2.75) is 19.9 Å². The third-order valence-electron chi connectivity index (χ3n) is 3.90. The molecule has 0 aliphatic rings. The van der Waals surface area contributed by atoms with E-state index in [9.17, 15) is 29.6 Å². The van der Waals surface area contributed by atoms with Gasteiger partial charge in [0.25, 0.3) is 17.5 Å². The Balaban J connectivity index is 2.36. The highest BCUT2D eigenvalue weighted by Crippen LogP contribution is 2.16. The van der Waals surface area contributed by atoms with Crippen LogP contribution in [0.15, 0.2) is 54.2 Å². The molecule has 0 bridgehead atoms. The van der Waals surface area contributed by atoms with Gasteiger partial charge in [-0.2, -0.15) is 0 Å². The molecule has 0 radical (unpaired) electrons. The summed E-state index contributed by atoms with van der Waals surface area (Å²) in [6, 6.07) is 10.7. The summed E-state index contributed by atoms with van der Waals surface area (Å²) >= 11 is 0. The summed E-state index contributed by atoms with van der Waals surface area (Å²) in [6.45, 7) is 3.06. The molecule has 9 nitrogen and oxygen atoms in total. The van der Waals surface area contributed by atoms with Gasteiger partial charge in [0.15, 0.2) is 0 Å². The van der Waals surface area contributed by atoms with E-state index in [-0.39, 0.29) is 22.5 Å². The molecule has 2 aromatic rings. The molecule has 150 valence electrons. The SMILES string of the molecule is Cc1ccc(C(=O)N/C(=C/c2cccc([N+](=O)[O-])c2)C(=O)N[C@H](C)C(=O)[O-])cc1. The summed E-state index contributed by atoms with van der Waals surface area (Å²) in [5.74, 6) is -2.98. The Kier molecular flexibility index (Phi) is 6.80. The Morgan fingerprint density at radius 2 is 1.76 bits per heavy atom. The van der Waals surface area contributed by atoms with Crippen LogP contribution in [0.1, 0.15) is 28.4 Å². The van der Waals surface area contributed by atoms with E-state index in [4.69, 9.17) is 0 Å². The van der Waals surface area contributed by atoms with Crippen molar-refractivity contribution in [1.82, 2.24) is 10.6 Å². The maximum atomic E-state index is 12.5. The van der Waals surface area contributed by atoms with Gasteiger partial charge in [-0.15, -0.1) is 0 Å². The first-order chi connectivity index (χ1) is 13.7. The molecule has 0 saturated carbocycles. The molecule has 0 aliphatic heterocycles. The van der Waals surface area contributed by atoms with Crippen molar-refractivity contribution in [3.05, 3.63) is 81.0 Å². The first kappa shape index (κ1) is 21.3. The summed E-state index contributed by atoms with van der Waals surface area (Å²) in [4.78, 5) is 46.2. The van der Waals surface area contributed by atoms with E-state index in [2.05, 4.69) is 10.6 Å². The number of carbonyl (C=O) groups excluding carboxylic acids is 3. The third kappa shape index (κ3) is 5.99. The monoisotopic (exact) mass is 396 g/mol. The van der Waals surface area contributed by atoms with Crippen molar-refractivity contribution < 1.29 is 24.4 Å². The van der Waals surface area contributed by atoms with Crippen LogP contribution in [0, 0.1) is 17.0 Å². The molecule has 2 amide bonds. The third-order valence-corrected chi connectivity index (χ3v) is 3.90. The number of nitrogens with zero attached hydrogens (tertiary/aromatic N) is 1. The fourth-order valence-corrected chi connectivity index (χ4v) is 2.29. The highest BCUT2D eigenvalue weighted by Gasteiger charge is 2.17. The van der Waals surface area contributed by atoms with Gasteiger partial charge in [-0.1, -0.05) is 29.8 Å². The number of nitro groups is 1. The minimum atomic E-state index is -1.50. The number of carbonyl (C=O) groups is 3. The van der Waals surface area contributed by atoms with E-state index in [0.29, 0.717) is 0 Å². The fourth-order valence-electron chi connectivity index (χ4n) is 2.29. The number of hydrogen-bond acceptors (Lipinski definition) is 6. The van der Waals surface area contributed by atoms with Crippen molar-refractivity contribution in [1.29, 1.82) is 0 Å². The highest BCUT2D eigenvalue weighted by atomic mass is 16.6. The molecule has 9 heteroatoms. The summed E-state index contributed by atoms with van der Waals surface area (Å²) in [6.07, 6.45) is 1.22. The second kappa shape index (κ2) is 9.27. The van der Waals surface area contributed by atoms with Crippen LogP contribution in [-0.2, 0) is 9.59 Å². The number of aryl methyl sites for hydroxylation is 1. The van der Waals surface area contributed by atoms with Gasteiger partial charge in [-0.05, 0) is 37.6 Å². The Morgan fingerprint density at radius 3 is 2.34 bits per heavy atom. The van der Waals surface area contributed by atoms with Crippen molar-refractivity contribution in [3.8, 4) is 0 Å². The zero-order chi connectivity index (χ0) is 21.6. The molecule has 0 saturated heterocycles. The van der Waals surface area contributed by atoms with Crippen molar-refractivity contribution >= 4 is 29.5 Å². The van der Waals surface area contributed by atoms with Crippen LogP contribution in [-0.4, -0.2) is 28.7 Å². The van der Waals surface area contributed by atoms with Gasteiger partial charge in [0, 0.05) is 17.7 Å². The molecule has 0 aliphatic carbocycles. The minimum absolute atomic E-state index is 0.202. The van der Waals surface area contributed by atoms with E-state index >= 15 is 0 Å². The number of carboxylic acid groups (broad SMARTS) is 1. The fraction of sp³-hybridized carbons (Fsp3) is 0.150. The summed E-state index contributed by atoms with van der Waals surface area (Å²) in [7, 11) is 0. The van der Waals surface area contributed by atoms with Gasteiger partial charge in [0.05, 0.1) is 16.9 Å². The van der Waals surface area contributed by atoms with Gasteiger partial charge < -0.3 is 20.5 Å². The number of benzene rings is 2. The van der Waals surface area contributed by atoms with E-state index in [1.165, 1.54) is 37.3 Å². The zero-order valence-corrected chi connectivity index (χ0v) is 15.7. The highest BCUT2D eigenvalue weighted by molar-refractivity contribution is 6.06. The largest absolute Gasteiger partial charge is 0.548 e. The lowest BCUT2D eigenvalue weighted by atomic mass is 10.1. The molecule has 0 unspecified atom stereocenters. The average molecular weight is 396 g/mol. The Bertz CT molecular complexity index is 982. The maximum absolute atomic E-state index is 12.5. The number of carboxylic acids is 1. The quantitative estimate of drug-likeness (QED) is 0.405. The summed E-state index contributed by atoms with van der Waals surface area (Å²) < 4.78 is 0. The Morgan fingerprint density at radius 1 is 1.10 bits per heavy atom. The molecule has 0 heterocycles. The first-order valence-electron chi connectivity index (χ1n) is 8.53. The number of amides is 2. The smallest absolute Gasteiger partial charge is 0.270 e. The predicted molar refractivity (Wildman–Crippen MR) is 102 cm³/mol. The van der Waals surface area contributed by atoms with Gasteiger partial charge in [0.2, 0.25) is 0 Å². The number of hydrogen-bond donors (Lipinski definition) is 2. The number of non-ortho nitro benzene ring substituents is 1. The summed E-state index contributed by atoms with van der Waals surface area (Å²) in [5.41, 5.74) is 1.01. The molecule has 2 aromatic carbocycles. The minimum Gasteiger partial charge on any atom is -0.548 e. The first-order valence-corrected chi connectivity index (χ1v) is 8.53. The molecule has 29 heavy (non-hydrogen) atoms. The zero-order valence-electron chi connectivity index (χ0n) is 15.7. The average Bonchev–Trinajstić information content (AvgIpc) is 2.67. The number of rotatable bonds is 7.